The number of nitrogens with zero attached hydrogens (tertiary/aromatic N) is 3. The molecule has 3 aromatic rings. The number of anilines is 3. The SMILES string of the molecule is CN1CCC(Nc2nc(Nc3cc(C(F)(F)F)cc(C(F)(F)F)c3)c3c(=O)[nH]ccc3n2)C1. The lowest BCUT2D eigenvalue weighted by Gasteiger charge is -2.17. The van der Waals surface area contributed by atoms with E-state index >= 15 is 0 Å². The van der Waals surface area contributed by atoms with E-state index in [1.54, 1.807) is 0 Å². The van der Waals surface area contributed by atoms with Crippen molar-refractivity contribution in [3.8, 4) is 0 Å². The van der Waals surface area contributed by atoms with E-state index in [0.29, 0.717) is 18.7 Å². The summed E-state index contributed by atoms with van der Waals surface area (Å²) >= 11 is 0. The Hall–Kier alpha value is -3.35. The summed E-state index contributed by atoms with van der Waals surface area (Å²) in [6, 6.07) is 2.54. The lowest BCUT2D eigenvalue weighted by Crippen LogP contribution is -2.25. The van der Waals surface area contributed by atoms with Crippen LogP contribution in [-0.2, 0) is 12.4 Å². The van der Waals surface area contributed by atoms with Crippen LogP contribution in [0.2, 0.25) is 0 Å². The molecule has 1 aliphatic rings. The molecule has 33 heavy (non-hydrogen) atoms. The van der Waals surface area contributed by atoms with Crippen LogP contribution in [-0.4, -0.2) is 46.0 Å². The van der Waals surface area contributed by atoms with Crippen LogP contribution in [0.25, 0.3) is 10.9 Å². The maximum atomic E-state index is 13.2. The van der Waals surface area contributed by atoms with Gasteiger partial charge in [-0.1, -0.05) is 0 Å². The Morgan fingerprint density at radius 1 is 1.06 bits per heavy atom. The third-order valence-corrected chi connectivity index (χ3v) is 5.19. The molecule has 3 N–H and O–H groups in total. The van der Waals surface area contributed by atoms with Gasteiger partial charge in [0.1, 0.15) is 11.2 Å². The lowest BCUT2D eigenvalue weighted by atomic mass is 10.1. The van der Waals surface area contributed by atoms with Crippen LogP contribution >= 0.6 is 0 Å². The number of hydrogen-bond donors (Lipinski definition) is 3. The van der Waals surface area contributed by atoms with Gasteiger partial charge in [-0.25, -0.2) is 4.98 Å². The Bertz CT molecular complexity index is 1210. The second-order valence-corrected chi connectivity index (χ2v) is 7.77. The van der Waals surface area contributed by atoms with E-state index in [1.807, 2.05) is 7.05 Å². The first kappa shape index (κ1) is 22.8. The summed E-state index contributed by atoms with van der Waals surface area (Å²) in [5.41, 5.74) is -3.97. The monoisotopic (exact) mass is 472 g/mol. The van der Waals surface area contributed by atoms with Gasteiger partial charge in [0, 0.05) is 24.5 Å². The number of alkyl halides is 6. The number of pyridine rings is 1. The Morgan fingerprint density at radius 2 is 1.73 bits per heavy atom. The molecule has 7 nitrogen and oxygen atoms in total. The number of likely N-dealkylation sites (N-methyl/N-ethyl adjacent to an activating group) is 1. The zero-order chi connectivity index (χ0) is 24.0. The molecule has 1 saturated heterocycles. The number of aromatic nitrogens is 3. The number of H-pyrrole nitrogens is 1. The van der Waals surface area contributed by atoms with E-state index in [4.69, 9.17) is 0 Å². The summed E-state index contributed by atoms with van der Waals surface area (Å²) in [4.78, 5) is 25.3. The van der Waals surface area contributed by atoms with E-state index in [2.05, 4.69) is 30.5 Å². The van der Waals surface area contributed by atoms with Gasteiger partial charge in [-0.3, -0.25) is 4.79 Å². The van der Waals surface area contributed by atoms with Crippen molar-refractivity contribution in [3.05, 3.63) is 51.9 Å². The number of aromatic amines is 1. The fourth-order valence-electron chi connectivity index (χ4n) is 3.65. The van der Waals surface area contributed by atoms with E-state index in [9.17, 15) is 31.1 Å². The molecule has 0 spiro atoms. The second-order valence-electron chi connectivity index (χ2n) is 7.77. The predicted molar refractivity (Wildman–Crippen MR) is 109 cm³/mol. The van der Waals surface area contributed by atoms with Gasteiger partial charge in [-0.05, 0) is 44.3 Å². The number of rotatable bonds is 4. The fourth-order valence-corrected chi connectivity index (χ4v) is 3.65. The molecule has 0 radical (unpaired) electrons. The standard InChI is InChI=1S/C20H18F6N6O/c1-32-5-3-12(9-32)29-18-30-14-2-4-27-17(33)15(14)16(31-18)28-13-7-10(19(21,22)23)6-11(8-13)20(24,25)26/h2,4,6-8,12H,3,5,9H2,1H3,(H,27,33)(H2,28,29,30,31). The topological polar surface area (TPSA) is 85.9 Å². The van der Waals surface area contributed by atoms with E-state index in [1.165, 1.54) is 12.3 Å². The highest BCUT2D eigenvalue weighted by Gasteiger charge is 2.37. The first-order valence-corrected chi connectivity index (χ1v) is 9.81. The van der Waals surface area contributed by atoms with Gasteiger partial charge in [-0.15, -0.1) is 0 Å². The van der Waals surface area contributed by atoms with Crippen LogP contribution in [0.1, 0.15) is 17.5 Å². The number of likely N-dealkylation sites (tertiary alicyclic amines) is 1. The summed E-state index contributed by atoms with van der Waals surface area (Å²) in [5, 5.41) is 5.47. The number of benzene rings is 1. The molecule has 2 aromatic heterocycles. The third-order valence-electron chi connectivity index (χ3n) is 5.19. The van der Waals surface area contributed by atoms with Crippen molar-refractivity contribution in [3.63, 3.8) is 0 Å². The van der Waals surface area contributed by atoms with E-state index in [0.717, 1.165) is 13.0 Å². The van der Waals surface area contributed by atoms with Gasteiger partial charge in [0.2, 0.25) is 5.95 Å². The quantitative estimate of drug-likeness (QED) is 0.494. The van der Waals surface area contributed by atoms with Crippen LogP contribution in [0.5, 0.6) is 0 Å². The fraction of sp³-hybridized carbons (Fsp3) is 0.350. The minimum atomic E-state index is -5.01. The van der Waals surface area contributed by atoms with E-state index < -0.39 is 34.7 Å². The smallest absolute Gasteiger partial charge is 0.350 e. The molecule has 1 aliphatic heterocycles. The number of nitrogens with one attached hydrogen (secondary N) is 3. The highest BCUT2D eigenvalue weighted by Crippen LogP contribution is 2.38. The molecule has 1 aromatic carbocycles. The van der Waals surface area contributed by atoms with Crippen LogP contribution in [0.3, 0.4) is 0 Å². The highest BCUT2D eigenvalue weighted by molar-refractivity contribution is 5.91. The normalized spacial score (nSPS) is 17.5. The molecule has 0 saturated carbocycles. The molecule has 4 rings (SSSR count). The van der Waals surface area contributed by atoms with Gasteiger partial charge < -0.3 is 20.5 Å². The number of fused-ring (bicyclic) bond motifs is 1. The Balaban J connectivity index is 1.80. The first-order valence-electron chi connectivity index (χ1n) is 9.81. The third kappa shape index (κ3) is 5.02. The van der Waals surface area contributed by atoms with Crippen molar-refractivity contribution in [1.82, 2.24) is 19.9 Å². The van der Waals surface area contributed by atoms with Crippen molar-refractivity contribution in [2.45, 2.75) is 24.8 Å². The molecule has 13 heteroatoms. The van der Waals surface area contributed by atoms with Crippen molar-refractivity contribution in [2.24, 2.45) is 0 Å². The largest absolute Gasteiger partial charge is 0.416 e. The lowest BCUT2D eigenvalue weighted by molar-refractivity contribution is -0.143. The molecule has 3 heterocycles. The molecule has 0 bridgehead atoms. The van der Waals surface area contributed by atoms with Crippen molar-refractivity contribution in [2.75, 3.05) is 30.8 Å². The molecular formula is C20H18F6N6O. The maximum absolute atomic E-state index is 13.2. The summed E-state index contributed by atoms with van der Waals surface area (Å²) in [7, 11) is 1.93. The van der Waals surface area contributed by atoms with Crippen LogP contribution in [0.15, 0.2) is 35.3 Å². The van der Waals surface area contributed by atoms with Gasteiger partial charge in [-0.2, -0.15) is 31.3 Å². The van der Waals surface area contributed by atoms with Gasteiger partial charge in [0.25, 0.3) is 5.56 Å². The van der Waals surface area contributed by atoms with Crippen LogP contribution < -0.4 is 16.2 Å². The molecule has 1 fully saturated rings. The second kappa shape index (κ2) is 8.21. The van der Waals surface area contributed by atoms with Crippen LogP contribution in [0.4, 0.5) is 43.8 Å². The average Bonchev–Trinajstić information content (AvgIpc) is 3.11. The van der Waals surface area contributed by atoms with Gasteiger partial charge in [0.05, 0.1) is 16.6 Å². The summed E-state index contributed by atoms with van der Waals surface area (Å²) < 4.78 is 79.4. The van der Waals surface area contributed by atoms with Gasteiger partial charge in [0.15, 0.2) is 0 Å². The predicted octanol–water partition coefficient (Wildman–Crippen LogP) is 4.22. The minimum Gasteiger partial charge on any atom is -0.350 e. The average molecular weight is 472 g/mol. The summed E-state index contributed by atoms with van der Waals surface area (Å²) in [6.07, 6.45) is -7.90. The number of halogens is 6. The maximum Gasteiger partial charge on any atom is 0.416 e. The first-order chi connectivity index (χ1) is 15.4. The van der Waals surface area contributed by atoms with Gasteiger partial charge >= 0.3 is 12.4 Å². The molecule has 1 unspecified atom stereocenters. The zero-order valence-electron chi connectivity index (χ0n) is 17.1. The molecule has 0 aliphatic carbocycles. The van der Waals surface area contributed by atoms with Crippen molar-refractivity contribution >= 4 is 28.4 Å². The Morgan fingerprint density at radius 3 is 2.30 bits per heavy atom. The summed E-state index contributed by atoms with van der Waals surface area (Å²) in [5.74, 6) is -0.123. The van der Waals surface area contributed by atoms with Crippen molar-refractivity contribution in [1.29, 1.82) is 0 Å². The van der Waals surface area contributed by atoms with Crippen LogP contribution in [0, 0.1) is 0 Å². The molecule has 1 atom stereocenters. The molecule has 176 valence electrons. The minimum absolute atomic E-state index is 0.00677. The summed E-state index contributed by atoms with van der Waals surface area (Å²) in [6.45, 7) is 1.53. The Kier molecular flexibility index (Phi) is 5.68. The van der Waals surface area contributed by atoms with Crippen molar-refractivity contribution < 1.29 is 26.3 Å². The highest BCUT2D eigenvalue weighted by atomic mass is 19.4. The zero-order valence-corrected chi connectivity index (χ0v) is 17.1. The number of hydrogen-bond acceptors (Lipinski definition) is 6. The Labute approximate surface area is 182 Å². The molecular weight excluding hydrogens is 454 g/mol. The van der Waals surface area contributed by atoms with E-state index in [-0.39, 0.29) is 34.8 Å². The molecule has 0 amide bonds.